The molecule has 3 nitrogen and oxygen atoms in total. The van der Waals surface area contributed by atoms with Crippen LogP contribution in [0, 0.1) is 0 Å². The molecule has 0 fully saturated rings. The Morgan fingerprint density at radius 3 is 1.62 bits per heavy atom. The van der Waals surface area contributed by atoms with E-state index in [1.165, 1.54) is 39.4 Å². The standard InChI is InChI=1S/C23H25N3/c1-25(2)17-10-12-19-21(14-17)24-22-15-18(26(3)4)11-13-20(22)23(19)16-8-6-5-7-9-16/h5-15,23-24H,1-4H3. The van der Waals surface area contributed by atoms with Crippen LogP contribution in [-0.4, -0.2) is 28.2 Å². The van der Waals surface area contributed by atoms with Crippen LogP contribution in [0.5, 0.6) is 0 Å². The number of fused-ring (bicyclic) bond motifs is 2. The maximum atomic E-state index is 3.68. The molecule has 0 aromatic heterocycles. The quantitative estimate of drug-likeness (QED) is 0.561. The van der Waals surface area contributed by atoms with Gasteiger partial charge in [0.05, 0.1) is 0 Å². The number of anilines is 4. The molecule has 3 aromatic carbocycles. The molecule has 0 spiro atoms. The van der Waals surface area contributed by atoms with Gasteiger partial charge in [0.15, 0.2) is 0 Å². The van der Waals surface area contributed by atoms with E-state index >= 15 is 0 Å². The van der Waals surface area contributed by atoms with Crippen molar-refractivity contribution >= 4 is 22.7 Å². The van der Waals surface area contributed by atoms with Crippen LogP contribution in [0.25, 0.3) is 0 Å². The molecule has 1 N–H and O–H groups in total. The van der Waals surface area contributed by atoms with E-state index in [0.29, 0.717) is 0 Å². The molecule has 0 saturated carbocycles. The molecule has 1 aliphatic heterocycles. The molecule has 132 valence electrons. The van der Waals surface area contributed by atoms with Gasteiger partial charge < -0.3 is 15.1 Å². The zero-order chi connectivity index (χ0) is 18.3. The van der Waals surface area contributed by atoms with Crippen molar-refractivity contribution in [1.82, 2.24) is 0 Å². The van der Waals surface area contributed by atoms with Crippen LogP contribution in [0.1, 0.15) is 22.6 Å². The fourth-order valence-corrected chi connectivity index (χ4v) is 3.68. The second-order valence-electron chi connectivity index (χ2n) is 7.30. The van der Waals surface area contributed by atoms with Gasteiger partial charge in [-0.25, -0.2) is 0 Å². The van der Waals surface area contributed by atoms with E-state index in [-0.39, 0.29) is 5.92 Å². The minimum atomic E-state index is 0.245. The highest BCUT2D eigenvalue weighted by Crippen LogP contribution is 2.46. The Bertz CT molecular complexity index is 872. The second-order valence-corrected chi connectivity index (χ2v) is 7.30. The smallest absolute Gasteiger partial charge is 0.0447 e. The summed E-state index contributed by atoms with van der Waals surface area (Å²) in [6.45, 7) is 0. The lowest BCUT2D eigenvalue weighted by molar-refractivity contribution is 0.960. The third-order valence-electron chi connectivity index (χ3n) is 5.13. The van der Waals surface area contributed by atoms with E-state index in [0.717, 1.165) is 0 Å². The minimum absolute atomic E-state index is 0.245. The molecule has 4 rings (SSSR count). The first-order chi connectivity index (χ1) is 12.5. The van der Waals surface area contributed by atoms with Crippen molar-refractivity contribution in [3.05, 3.63) is 83.4 Å². The fraction of sp³-hybridized carbons (Fsp3) is 0.217. The van der Waals surface area contributed by atoms with Gasteiger partial charge in [-0.1, -0.05) is 42.5 Å². The molecule has 0 radical (unpaired) electrons. The van der Waals surface area contributed by atoms with E-state index in [1.807, 2.05) is 0 Å². The Balaban J connectivity index is 1.91. The SMILES string of the molecule is CN(C)c1ccc2c(c1)Nc1cc(N(C)C)ccc1C2c1ccccc1. The largest absolute Gasteiger partial charge is 0.378 e. The normalized spacial score (nSPS) is 12.8. The van der Waals surface area contributed by atoms with Crippen LogP contribution < -0.4 is 15.1 Å². The van der Waals surface area contributed by atoms with E-state index in [4.69, 9.17) is 0 Å². The minimum Gasteiger partial charge on any atom is -0.378 e. The fourth-order valence-electron chi connectivity index (χ4n) is 3.68. The monoisotopic (exact) mass is 343 g/mol. The number of rotatable bonds is 3. The van der Waals surface area contributed by atoms with Crippen LogP contribution in [0.4, 0.5) is 22.7 Å². The Labute approximate surface area is 155 Å². The van der Waals surface area contributed by atoms with Crippen LogP contribution in [-0.2, 0) is 0 Å². The van der Waals surface area contributed by atoms with Crippen LogP contribution >= 0.6 is 0 Å². The van der Waals surface area contributed by atoms with Crippen molar-refractivity contribution < 1.29 is 0 Å². The summed E-state index contributed by atoms with van der Waals surface area (Å²) in [5.41, 5.74) is 8.76. The first-order valence-corrected chi connectivity index (χ1v) is 8.99. The third kappa shape index (κ3) is 2.80. The molecular weight excluding hydrogens is 318 g/mol. The summed E-state index contributed by atoms with van der Waals surface area (Å²) in [5, 5.41) is 3.68. The van der Waals surface area contributed by atoms with Crippen LogP contribution in [0.3, 0.4) is 0 Å². The summed E-state index contributed by atoms with van der Waals surface area (Å²) in [6, 6.07) is 24.2. The summed E-state index contributed by atoms with van der Waals surface area (Å²) in [5.74, 6) is 0.245. The predicted molar refractivity (Wildman–Crippen MR) is 112 cm³/mol. The highest BCUT2D eigenvalue weighted by atomic mass is 15.1. The summed E-state index contributed by atoms with van der Waals surface area (Å²) < 4.78 is 0. The summed E-state index contributed by atoms with van der Waals surface area (Å²) in [6.07, 6.45) is 0. The molecular formula is C23H25N3. The maximum Gasteiger partial charge on any atom is 0.0447 e. The first kappa shape index (κ1) is 16.5. The predicted octanol–water partition coefficient (Wildman–Crippen LogP) is 5.06. The molecule has 0 aliphatic carbocycles. The van der Waals surface area contributed by atoms with Crippen LogP contribution in [0.15, 0.2) is 66.7 Å². The van der Waals surface area contributed by atoms with Gasteiger partial charge in [-0.2, -0.15) is 0 Å². The van der Waals surface area contributed by atoms with Crippen molar-refractivity contribution in [1.29, 1.82) is 0 Å². The highest BCUT2D eigenvalue weighted by molar-refractivity contribution is 5.80. The summed E-state index contributed by atoms with van der Waals surface area (Å²) >= 11 is 0. The number of nitrogens with zero attached hydrogens (tertiary/aromatic N) is 2. The van der Waals surface area contributed by atoms with Gasteiger partial charge in [0.25, 0.3) is 0 Å². The number of hydrogen-bond acceptors (Lipinski definition) is 3. The van der Waals surface area contributed by atoms with Crippen molar-refractivity contribution in [3.63, 3.8) is 0 Å². The van der Waals surface area contributed by atoms with Gasteiger partial charge in [0, 0.05) is 56.9 Å². The molecule has 1 heterocycles. The average molecular weight is 343 g/mol. The zero-order valence-corrected chi connectivity index (χ0v) is 15.8. The Hall–Kier alpha value is -2.94. The molecule has 1 aliphatic rings. The Morgan fingerprint density at radius 1 is 0.654 bits per heavy atom. The summed E-state index contributed by atoms with van der Waals surface area (Å²) in [4.78, 5) is 4.29. The van der Waals surface area contributed by atoms with Gasteiger partial charge >= 0.3 is 0 Å². The second kappa shape index (κ2) is 6.41. The molecule has 3 aromatic rings. The van der Waals surface area contributed by atoms with Crippen molar-refractivity contribution in [3.8, 4) is 0 Å². The van der Waals surface area contributed by atoms with Crippen molar-refractivity contribution in [2.75, 3.05) is 43.3 Å². The van der Waals surface area contributed by atoms with E-state index in [2.05, 4.69) is 110 Å². The van der Waals surface area contributed by atoms with Crippen molar-refractivity contribution in [2.24, 2.45) is 0 Å². The van der Waals surface area contributed by atoms with Gasteiger partial charge in [-0.05, 0) is 41.0 Å². The lowest BCUT2D eigenvalue weighted by Crippen LogP contribution is -2.17. The number of hydrogen-bond donors (Lipinski definition) is 1. The zero-order valence-electron chi connectivity index (χ0n) is 15.8. The maximum absolute atomic E-state index is 3.68. The lowest BCUT2D eigenvalue weighted by Gasteiger charge is -2.32. The van der Waals surface area contributed by atoms with E-state index in [1.54, 1.807) is 0 Å². The average Bonchev–Trinajstić information content (AvgIpc) is 2.65. The first-order valence-electron chi connectivity index (χ1n) is 8.99. The molecule has 0 unspecified atom stereocenters. The van der Waals surface area contributed by atoms with Gasteiger partial charge in [0.1, 0.15) is 0 Å². The molecule has 26 heavy (non-hydrogen) atoms. The van der Waals surface area contributed by atoms with Gasteiger partial charge in [-0.3, -0.25) is 0 Å². The molecule has 0 bridgehead atoms. The van der Waals surface area contributed by atoms with Gasteiger partial charge in [-0.15, -0.1) is 0 Å². The highest BCUT2D eigenvalue weighted by Gasteiger charge is 2.27. The third-order valence-corrected chi connectivity index (χ3v) is 5.13. The van der Waals surface area contributed by atoms with Crippen LogP contribution in [0.2, 0.25) is 0 Å². The number of benzene rings is 3. The Kier molecular flexibility index (Phi) is 4.08. The summed E-state index contributed by atoms with van der Waals surface area (Å²) in [7, 11) is 8.32. The van der Waals surface area contributed by atoms with Crippen molar-refractivity contribution in [2.45, 2.75) is 5.92 Å². The molecule has 0 saturated heterocycles. The topological polar surface area (TPSA) is 18.5 Å². The van der Waals surface area contributed by atoms with E-state index in [9.17, 15) is 0 Å². The van der Waals surface area contributed by atoms with E-state index < -0.39 is 0 Å². The number of nitrogens with one attached hydrogen (secondary N) is 1. The lowest BCUT2D eigenvalue weighted by atomic mass is 9.81. The molecule has 0 atom stereocenters. The Morgan fingerprint density at radius 2 is 1.15 bits per heavy atom. The molecule has 0 amide bonds. The van der Waals surface area contributed by atoms with Gasteiger partial charge in [0.2, 0.25) is 0 Å². The molecule has 3 heteroatoms.